The molecule has 1 rings (SSSR count). The largest absolute Gasteiger partial charge is 0.354 e. The molecule has 0 radical (unpaired) electrons. The van der Waals surface area contributed by atoms with Gasteiger partial charge in [-0.3, -0.25) is 0 Å². The number of aromatic nitrogens is 1. The van der Waals surface area contributed by atoms with Crippen molar-refractivity contribution in [2.24, 2.45) is 0 Å². The molecule has 0 saturated carbocycles. The highest BCUT2D eigenvalue weighted by Gasteiger charge is 2.18. The van der Waals surface area contributed by atoms with Gasteiger partial charge in [-0.25, -0.2) is 4.98 Å². The molecule has 1 unspecified atom stereocenters. The molecule has 0 aromatic carbocycles. The molecule has 0 saturated heterocycles. The molecule has 1 aromatic rings. The van der Waals surface area contributed by atoms with Gasteiger partial charge in [-0.2, -0.15) is 0 Å². The molecule has 2 heteroatoms. The molecular formula is C12H16N2. The van der Waals surface area contributed by atoms with Gasteiger partial charge in [0, 0.05) is 6.20 Å². The van der Waals surface area contributed by atoms with Crippen molar-refractivity contribution in [3.63, 3.8) is 0 Å². The third-order valence-electron chi connectivity index (χ3n) is 2.43. The lowest BCUT2D eigenvalue weighted by Gasteiger charge is -2.24. The third kappa shape index (κ3) is 2.26. The fourth-order valence-electron chi connectivity index (χ4n) is 1.10. The molecule has 1 aromatic heterocycles. The van der Waals surface area contributed by atoms with Crippen LogP contribution in [-0.4, -0.2) is 10.5 Å². The average molecular weight is 188 g/mol. The smallest absolute Gasteiger partial charge is 0.129 e. The quantitative estimate of drug-likeness (QED) is 0.737. The molecule has 1 N–H and O–H groups in total. The highest BCUT2D eigenvalue weighted by Crippen LogP contribution is 2.18. The summed E-state index contributed by atoms with van der Waals surface area (Å²) < 4.78 is 0. The SMILES string of the molecule is C#CC(C)(CC)Nc1ncccc1C. The van der Waals surface area contributed by atoms with Crippen LogP contribution in [0.1, 0.15) is 25.8 Å². The number of terminal acetylenes is 1. The molecule has 0 spiro atoms. The van der Waals surface area contributed by atoms with E-state index in [1.54, 1.807) is 6.20 Å². The number of aryl methyl sites for hydroxylation is 1. The molecule has 14 heavy (non-hydrogen) atoms. The molecule has 0 fully saturated rings. The van der Waals surface area contributed by atoms with Crippen LogP contribution in [0.4, 0.5) is 5.82 Å². The van der Waals surface area contributed by atoms with Gasteiger partial charge < -0.3 is 5.32 Å². The Bertz CT molecular complexity index is 352. The number of hydrogen-bond donors (Lipinski definition) is 1. The monoisotopic (exact) mass is 188 g/mol. The minimum absolute atomic E-state index is 0.306. The van der Waals surface area contributed by atoms with E-state index in [-0.39, 0.29) is 5.54 Å². The molecular weight excluding hydrogens is 172 g/mol. The maximum absolute atomic E-state index is 5.48. The topological polar surface area (TPSA) is 24.9 Å². The van der Waals surface area contributed by atoms with Crippen LogP contribution in [-0.2, 0) is 0 Å². The first-order chi connectivity index (χ1) is 6.61. The van der Waals surface area contributed by atoms with Crippen LogP contribution in [0.5, 0.6) is 0 Å². The lowest BCUT2D eigenvalue weighted by Crippen LogP contribution is -2.32. The second-order valence-electron chi connectivity index (χ2n) is 3.62. The summed E-state index contributed by atoms with van der Waals surface area (Å²) in [6.07, 6.45) is 8.12. The van der Waals surface area contributed by atoms with Crippen molar-refractivity contribution in [1.82, 2.24) is 4.98 Å². The maximum atomic E-state index is 5.48. The number of anilines is 1. The summed E-state index contributed by atoms with van der Waals surface area (Å²) in [5, 5.41) is 3.28. The fraction of sp³-hybridized carbons (Fsp3) is 0.417. The summed E-state index contributed by atoms with van der Waals surface area (Å²) in [6, 6.07) is 3.93. The third-order valence-corrected chi connectivity index (χ3v) is 2.43. The van der Waals surface area contributed by atoms with E-state index in [1.807, 2.05) is 26.0 Å². The first kappa shape index (κ1) is 10.6. The second kappa shape index (κ2) is 4.15. The Morgan fingerprint density at radius 1 is 1.64 bits per heavy atom. The van der Waals surface area contributed by atoms with Crippen LogP contribution in [0, 0.1) is 19.3 Å². The van der Waals surface area contributed by atoms with Crippen molar-refractivity contribution in [2.75, 3.05) is 5.32 Å². The highest BCUT2D eigenvalue weighted by molar-refractivity contribution is 5.47. The number of nitrogens with one attached hydrogen (secondary N) is 1. The van der Waals surface area contributed by atoms with E-state index in [0.717, 1.165) is 17.8 Å². The molecule has 1 atom stereocenters. The number of nitrogens with zero attached hydrogens (tertiary/aromatic N) is 1. The van der Waals surface area contributed by atoms with E-state index in [0.29, 0.717) is 0 Å². The summed E-state index contributed by atoms with van der Waals surface area (Å²) in [7, 11) is 0. The van der Waals surface area contributed by atoms with Gasteiger partial charge in [0.25, 0.3) is 0 Å². The van der Waals surface area contributed by atoms with E-state index < -0.39 is 0 Å². The predicted molar refractivity (Wildman–Crippen MR) is 60.1 cm³/mol. The van der Waals surface area contributed by atoms with E-state index in [1.165, 1.54) is 0 Å². The van der Waals surface area contributed by atoms with Crippen LogP contribution >= 0.6 is 0 Å². The van der Waals surface area contributed by atoms with E-state index >= 15 is 0 Å². The van der Waals surface area contributed by atoms with Crippen LogP contribution in [0.3, 0.4) is 0 Å². The van der Waals surface area contributed by atoms with Crippen LogP contribution < -0.4 is 5.32 Å². The molecule has 1 heterocycles. The van der Waals surface area contributed by atoms with E-state index in [2.05, 4.69) is 23.1 Å². The molecule has 0 bridgehead atoms. The average Bonchev–Trinajstić information content (AvgIpc) is 2.21. The molecule has 0 aliphatic rings. The van der Waals surface area contributed by atoms with E-state index in [4.69, 9.17) is 6.42 Å². The van der Waals surface area contributed by atoms with Gasteiger partial charge in [0.05, 0.1) is 5.54 Å². The minimum Gasteiger partial charge on any atom is -0.354 e. The van der Waals surface area contributed by atoms with Crippen LogP contribution in [0.15, 0.2) is 18.3 Å². The van der Waals surface area contributed by atoms with Gasteiger partial charge in [0.1, 0.15) is 5.82 Å². The van der Waals surface area contributed by atoms with Crippen LogP contribution in [0.25, 0.3) is 0 Å². The maximum Gasteiger partial charge on any atom is 0.129 e. The minimum atomic E-state index is -0.306. The van der Waals surface area contributed by atoms with Gasteiger partial charge in [-0.05, 0) is 31.9 Å². The van der Waals surface area contributed by atoms with Crippen molar-refractivity contribution in [3.05, 3.63) is 23.9 Å². The Kier molecular flexibility index (Phi) is 3.14. The van der Waals surface area contributed by atoms with Crippen molar-refractivity contribution in [3.8, 4) is 12.3 Å². The molecule has 74 valence electrons. The first-order valence-corrected chi connectivity index (χ1v) is 4.79. The summed E-state index contributed by atoms with van der Waals surface area (Å²) in [4.78, 5) is 4.25. The van der Waals surface area contributed by atoms with Crippen molar-refractivity contribution < 1.29 is 0 Å². The molecule has 0 aliphatic heterocycles. The van der Waals surface area contributed by atoms with Gasteiger partial charge in [0.15, 0.2) is 0 Å². The molecule has 0 amide bonds. The zero-order valence-electron chi connectivity index (χ0n) is 8.96. The molecule has 0 aliphatic carbocycles. The Morgan fingerprint density at radius 2 is 2.36 bits per heavy atom. The summed E-state index contributed by atoms with van der Waals surface area (Å²) in [6.45, 7) is 6.08. The Labute approximate surface area is 85.8 Å². The number of rotatable bonds is 3. The van der Waals surface area contributed by atoms with Crippen molar-refractivity contribution >= 4 is 5.82 Å². The summed E-state index contributed by atoms with van der Waals surface area (Å²) in [5.41, 5.74) is 0.807. The number of hydrogen-bond acceptors (Lipinski definition) is 2. The number of pyridine rings is 1. The second-order valence-corrected chi connectivity index (χ2v) is 3.62. The molecule has 2 nitrogen and oxygen atoms in total. The summed E-state index contributed by atoms with van der Waals surface area (Å²) in [5.74, 6) is 3.62. The Balaban J connectivity index is 2.89. The predicted octanol–water partition coefficient (Wildman–Crippen LogP) is 2.60. The Morgan fingerprint density at radius 3 is 2.86 bits per heavy atom. The fourth-order valence-corrected chi connectivity index (χ4v) is 1.10. The zero-order chi connectivity index (χ0) is 10.6. The first-order valence-electron chi connectivity index (χ1n) is 4.79. The zero-order valence-corrected chi connectivity index (χ0v) is 8.96. The van der Waals surface area contributed by atoms with Gasteiger partial charge >= 0.3 is 0 Å². The van der Waals surface area contributed by atoms with Crippen molar-refractivity contribution in [1.29, 1.82) is 0 Å². The van der Waals surface area contributed by atoms with Gasteiger partial charge in [0.2, 0.25) is 0 Å². The Hall–Kier alpha value is -1.49. The standard InChI is InChI=1S/C12H16N2/c1-5-12(4,6-2)14-11-10(3)8-7-9-13-11/h1,7-9H,6H2,2-4H3,(H,13,14). The van der Waals surface area contributed by atoms with E-state index in [9.17, 15) is 0 Å². The van der Waals surface area contributed by atoms with Gasteiger partial charge in [-0.1, -0.05) is 18.9 Å². The lowest BCUT2D eigenvalue weighted by molar-refractivity contribution is 0.631. The van der Waals surface area contributed by atoms with Gasteiger partial charge in [-0.15, -0.1) is 6.42 Å². The summed E-state index contributed by atoms with van der Waals surface area (Å²) >= 11 is 0. The lowest BCUT2D eigenvalue weighted by atomic mass is 10.00. The van der Waals surface area contributed by atoms with Crippen molar-refractivity contribution in [2.45, 2.75) is 32.7 Å². The normalized spacial score (nSPS) is 14.1. The van der Waals surface area contributed by atoms with Crippen LogP contribution in [0.2, 0.25) is 0 Å². The highest BCUT2D eigenvalue weighted by atomic mass is 15.0.